The largest absolute Gasteiger partial charge is 0.348 e. The third kappa shape index (κ3) is 3.21. The van der Waals surface area contributed by atoms with Crippen LogP contribution in [0, 0.1) is 6.92 Å². The first-order valence-corrected chi connectivity index (χ1v) is 7.21. The second-order valence-electron chi connectivity index (χ2n) is 5.15. The Balaban J connectivity index is 1.79. The fraction of sp³-hybridized carbons (Fsp3) is 0.118. The van der Waals surface area contributed by atoms with E-state index in [0.717, 1.165) is 16.9 Å². The molecule has 0 aliphatic heterocycles. The number of benzene rings is 1. The molecular formula is C17H16N4O2. The van der Waals surface area contributed by atoms with Crippen LogP contribution in [0.1, 0.15) is 21.6 Å². The van der Waals surface area contributed by atoms with Crippen molar-refractivity contribution in [1.29, 1.82) is 0 Å². The van der Waals surface area contributed by atoms with Crippen molar-refractivity contribution in [2.24, 2.45) is 0 Å². The Morgan fingerprint density at radius 3 is 2.78 bits per heavy atom. The van der Waals surface area contributed by atoms with Gasteiger partial charge in [-0.3, -0.25) is 9.59 Å². The molecular weight excluding hydrogens is 292 g/mol. The number of nitrogens with zero attached hydrogens (tertiary/aromatic N) is 2. The zero-order valence-electron chi connectivity index (χ0n) is 12.6. The minimum absolute atomic E-state index is 0.104. The van der Waals surface area contributed by atoms with Gasteiger partial charge in [-0.05, 0) is 36.8 Å². The zero-order valence-corrected chi connectivity index (χ0v) is 12.6. The summed E-state index contributed by atoms with van der Waals surface area (Å²) in [6, 6.07) is 12.7. The molecule has 6 heteroatoms. The average molecular weight is 308 g/mol. The summed E-state index contributed by atoms with van der Waals surface area (Å²) >= 11 is 0. The van der Waals surface area contributed by atoms with Gasteiger partial charge in [0.15, 0.2) is 0 Å². The third-order valence-electron chi connectivity index (χ3n) is 3.48. The van der Waals surface area contributed by atoms with E-state index in [1.807, 2.05) is 36.5 Å². The minimum Gasteiger partial charge on any atom is -0.348 e. The summed E-state index contributed by atoms with van der Waals surface area (Å²) in [5.41, 5.74) is 2.23. The third-order valence-corrected chi connectivity index (χ3v) is 3.48. The lowest BCUT2D eigenvalue weighted by atomic mass is 10.1. The number of rotatable bonds is 4. The van der Waals surface area contributed by atoms with Gasteiger partial charge in [-0.1, -0.05) is 18.2 Å². The van der Waals surface area contributed by atoms with Gasteiger partial charge in [0.2, 0.25) is 0 Å². The van der Waals surface area contributed by atoms with Gasteiger partial charge in [-0.15, -0.1) is 0 Å². The monoisotopic (exact) mass is 308 g/mol. The van der Waals surface area contributed by atoms with Gasteiger partial charge in [-0.25, -0.2) is 4.68 Å². The lowest BCUT2D eigenvalue weighted by Crippen LogP contribution is -2.29. The van der Waals surface area contributed by atoms with E-state index in [4.69, 9.17) is 0 Å². The van der Waals surface area contributed by atoms with Crippen LogP contribution in [-0.2, 0) is 6.54 Å². The van der Waals surface area contributed by atoms with Crippen molar-refractivity contribution in [3.63, 3.8) is 0 Å². The summed E-state index contributed by atoms with van der Waals surface area (Å²) in [7, 11) is 0. The fourth-order valence-electron chi connectivity index (χ4n) is 2.32. The molecule has 0 radical (unpaired) electrons. The van der Waals surface area contributed by atoms with Crippen molar-refractivity contribution in [2.75, 3.05) is 0 Å². The molecule has 23 heavy (non-hydrogen) atoms. The van der Waals surface area contributed by atoms with Crippen molar-refractivity contribution in [3.8, 4) is 5.69 Å². The first-order valence-electron chi connectivity index (χ1n) is 7.21. The van der Waals surface area contributed by atoms with Crippen LogP contribution >= 0.6 is 0 Å². The Labute approximate surface area is 132 Å². The molecule has 0 aliphatic rings. The van der Waals surface area contributed by atoms with Gasteiger partial charge in [0.25, 0.3) is 11.5 Å². The Morgan fingerprint density at radius 2 is 2.04 bits per heavy atom. The number of aromatic amines is 1. The highest BCUT2D eigenvalue weighted by molar-refractivity contribution is 5.93. The van der Waals surface area contributed by atoms with E-state index in [0.29, 0.717) is 6.54 Å². The van der Waals surface area contributed by atoms with Crippen LogP contribution in [0.2, 0.25) is 0 Å². The molecule has 116 valence electrons. The number of H-pyrrole nitrogens is 1. The van der Waals surface area contributed by atoms with E-state index in [2.05, 4.69) is 15.4 Å². The fourth-order valence-corrected chi connectivity index (χ4v) is 2.32. The van der Waals surface area contributed by atoms with Crippen molar-refractivity contribution >= 4 is 5.91 Å². The predicted molar refractivity (Wildman–Crippen MR) is 86.5 cm³/mol. The second-order valence-corrected chi connectivity index (χ2v) is 5.15. The molecule has 3 aromatic rings. The van der Waals surface area contributed by atoms with Crippen LogP contribution in [0.25, 0.3) is 5.69 Å². The van der Waals surface area contributed by atoms with E-state index in [1.54, 1.807) is 23.9 Å². The molecule has 2 heterocycles. The Morgan fingerprint density at radius 1 is 1.22 bits per heavy atom. The smallest absolute Gasteiger partial charge is 0.260 e. The molecule has 0 saturated carbocycles. The number of hydrogen-bond donors (Lipinski definition) is 2. The molecule has 1 aromatic carbocycles. The summed E-state index contributed by atoms with van der Waals surface area (Å²) in [6.07, 6.45) is 3.53. The summed E-state index contributed by atoms with van der Waals surface area (Å²) in [6.45, 7) is 2.07. The van der Waals surface area contributed by atoms with Gasteiger partial charge in [0, 0.05) is 24.6 Å². The van der Waals surface area contributed by atoms with E-state index in [-0.39, 0.29) is 11.1 Å². The molecule has 2 N–H and O–H groups in total. The van der Waals surface area contributed by atoms with Crippen LogP contribution in [0.15, 0.2) is 59.7 Å². The molecule has 0 saturated heterocycles. The first kappa shape index (κ1) is 14.8. The lowest BCUT2D eigenvalue weighted by molar-refractivity contribution is 0.0949. The molecule has 0 unspecified atom stereocenters. The number of amides is 1. The van der Waals surface area contributed by atoms with Crippen molar-refractivity contribution in [3.05, 3.63) is 82.0 Å². The SMILES string of the molecule is Cc1ccc(C(=O)NCc2ccccc2-n2cccn2)c(=O)[nH]1. The summed E-state index contributed by atoms with van der Waals surface area (Å²) < 4.78 is 1.74. The summed E-state index contributed by atoms with van der Waals surface area (Å²) in [5, 5.41) is 6.98. The molecule has 0 fully saturated rings. The van der Waals surface area contributed by atoms with Crippen LogP contribution in [-0.4, -0.2) is 20.7 Å². The minimum atomic E-state index is -0.401. The van der Waals surface area contributed by atoms with Crippen LogP contribution in [0.4, 0.5) is 0 Å². The van der Waals surface area contributed by atoms with Gasteiger partial charge in [0.05, 0.1) is 5.69 Å². The highest BCUT2D eigenvalue weighted by Crippen LogP contribution is 2.13. The van der Waals surface area contributed by atoms with E-state index in [9.17, 15) is 9.59 Å². The molecule has 0 bridgehead atoms. The number of nitrogens with one attached hydrogen (secondary N) is 2. The van der Waals surface area contributed by atoms with Crippen LogP contribution < -0.4 is 10.9 Å². The number of hydrogen-bond acceptors (Lipinski definition) is 3. The number of aryl methyl sites for hydroxylation is 1. The maximum Gasteiger partial charge on any atom is 0.260 e. The Bertz CT molecular complexity index is 882. The van der Waals surface area contributed by atoms with Crippen LogP contribution in [0.3, 0.4) is 0 Å². The summed E-state index contributed by atoms with van der Waals surface area (Å²) in [5.74, 6) is -0.401. The summed E-state index contributed by atoms with van der Waals surface area (Å²) in [4.78, 5) is 26.6. The van der Waals surface area contributed by atoms with E-state index < -0.39 is 5.91 Å². The van der Waals surface area contributed by atoms with Gasteiger partial charge < -0.3 is 10.3 Å². The molecule has 3 rings (SSSR count). The average Bonchev–Trinajstić information content (AvgIpc) is 3.07. The number of carbonyl (C=O) groups is 1. The normalized spacial score (nSPS) is 10.5. The predicted octanol–water partition coefficient (Wildman–Crippen LogP) is 1.80. The molecule has 0 spiro atoms. The zero-order chi connectivity index (χ0) is 16.2. The number of para-hydroxylation sites is 1. The standard InChI is InChI=1S/C17H16N4O2/c1-12-7-8-14(17(23)20-12)16(22)18-11-13-5-2-3-6-15(13)21-10-4-9-19-21/h2-10H,11H2,1H3,(H,18,22)(H,20,23). The van der Waals surface area contributed by atoms with E-state index in [1.165, 1.54) is 6.07 Å². The molecule has 0 atom stereocenters. The molecule has 2 aromatic heterocycles. The lowest BCUT2D eigenvalue weighted by Gasteiger charge is -2.10. The highest BCUT2D eigenvalue weighted by Gasteiger charge is 2.11. The molecule has 6 nitrogen and oxygen atoms in total. The topological polar surface area (TPSA) is 79.8 Å². The molecule has 0 aliphatic carbocycles. The van der Waals surface area contributed by atoms with Gasteiger partial charge in [0.1, 0.15) is 5.56 Å². The quantitative estimate of drug-likeness (QED) is 0.771. The Hall–Kier alpha value is -3.15. The number of carbonyl (C=O) groups excluding carboxylic acids is 1. The van der Waals surface area contributed by atoms with Crippen LogP contribution in [0.5, 0.6) is 0 Å². The number of aromatic nitrogens is 3. The van der Waals surface area contributed by atoms with Crippen molar-refractivity contribution in [1.82, 2.24) is 20.1 Å². The number of pyridine rings is 1. The van der Waals surface area contributed by atoms with Gasteiger partial charge in [-0.2, -0.15) is 5.10 Å². The van der Waals surface area contributed by atoms with Crippen molar-refractivity contribution < 1.29 is 4.79 Å². The Kier molecular flexibility index (Phi) is 4.05. The van der Waals surface area contributed by atoms with Gasteiger partial charge >= 0.3 is 0 Å². The molecule has 1 amide bonds. The van der Waals surface area contributed by atoms with E-state index >= 15 is 0 Å². The second kappa shape index (κ2) is 6.31. The van der Waals surface area contributed by atoms with Crippen molar-refractivity contribution in [2.45, 2.75) is 13.5 Å². The highest BCUT2D eigenvalue weighted by atomic mass is 16.2. The maximum atomic E-state index is 12.2. The first-order chi connectivity index (χ1) is 11.1. The maximum absolute atomic E-state index is 12.2.